The minimum absolute atomic E-state index is 0.118. The van der Waals surface area contributed by atoms with E-state index in [4.69, 9.17) is 4.74 Å². The number of nitrogens with zero attached hydrogens (tertiary/aromatic N) is 3. The zero-order valence-corrected chi connectivity index (χ0v) is 9.72. The van der Waals surface area contributed by atoms with Crippen molar-refractivity contribution < 1.29 is 9.53 Å². The maximum absolute atomic E-state index is 12.0. The van der Waals surface area contributed by atoms with Crippen LogP contribution in [0.25, 0.3) is 0 Å². The molecule has 5 nitrogen and oxygen atoms in total. The van der Waals surface area contributed by atoms with E-state index in [2.05, 4.69) is 17.0 Å². The second kappa shape index (κ2) is 4.74. The van der Waals surface area contributed by atoms with E-state index in [9.17, 15) is 4.79 Å². The number of carbonyl (C=O) groups is 1. The van der Waals surface area contributed by atoms with Crippen molar-refractivity contribution in [3.8, 4) is 0 Å². The standard InChI is InChI=1S/C11H17N3O2/c1-3-14-10(12-7-13-14)6-9(15)11-8(2)4-5-16-11/h7-8,11H,3-6H2,1-2H3. The number of rotatable bonds is 4. The van der Waals surface area contributed by atoms with Gasteiger partial charge in [0.2, 0.25) is 0 Å². The fourth-order valence-electron chi connectivity index (χ4n) is 2.05. The third-order valence-corrected chi connectivity index (χ3v) is 3.03. The first-order chi connectivity index (χ1) is 7.72. The lowest BCUT2D eigenvalue weighted by Crippen LogP contribution is -2.27. The van der Waals surface area contributed by atoms with Crippen LogP contribution in [0.4, 0.5) is 0 Å². The summed E-state index contributed by atoms with van der Waals surface area (Å²) in [6, 6.07) is 0. The van der Waals surface area contributed by atoms with E-state index in [1.807, 2.05) is 6.92 Å². The van der Waals surface area contributed by atoms with Crippen LogP contribution in [0.2, 0.25) is 0 Å². The van der Waals surface area contributed by atoms with Crippen molar-refractivity contribution >= 4 is 5.78 Å². The molecule has 1 aliphatic rings. The van der Waals surface area contributed by atoms with Crippen LogP contribution in [0.3, 0.4) is 0 Å². The predicted octanol–water partition coefficient (Wildman–Crippen LogP) is 0.835. The second-order valence-electron chi connectivity index (χ2n) is 4.19. The number of aromatic nitrogens is 3. The minimum Gasteiger partial charge on any atom is -0.370 e. The zero-order chi connectivity index (χ0) is 11.5. The van der Waals surface area contributed by atoms with Crippen LogP contribution in [0.5, 0.6) is 0 Å². The Morgan fingerprint density at radius 1 is 1.69 bits per heavy atom. The van der Waals surface area contributed by atoms with Gasteiger partial charge in [0.25, 0.3) is 0 Å². The quantitative estimate of drug-likeness (QED) is 0.758. The van der Waals surface area contributed by atoms with Crippen molar-refractivity contribution in [3.05, 3.63) is 12.2 Å². The van der Waals surface area contributed by atoms with Gasteiger partial charge in [0.1, 0.15) is 18.3 Å². The highest BCUT2D eigenvalue weighted by Gasteiger charge is 2.31. The highest BCUT2D eigenvalue weighted by molar-refractivity contribution is 5.85. The first-order valence-electron chi connectivity index (χ1n) is 5.73. The van der Waals surface area contributed by atoms with Gasteiger partial charge in [-0.2, -0.15) is 5.10 Å². The van der Waals surface area contributed by atoms with E-state index in [-0.39, 0.29) is 11.9 Å². The maximum Gasteiger partial charge on any atom is 0.169 e. The first-order valence-corrected chi connectivity index (χ1v) is 5.73. The highest BCUT2D eigenvalue weighted by Crippen LogP contribution is 2.21. The first kappa shape index (κ1) is 11.3. The monoisotopic (exact) mass is 223 g/mol. The molecule has 1 aromatic heterocycles. The molecule has 0 saturated carbocycles. The molecule has 16 heavy (non-hydrogen) atoms. The Kier molecular flexibility index (Phi) is 3.33. The minimum atomic E-state index is -0.248. The van der Waals surface area contributed by atoms with E-state index in [1.54, 1.807) is 4.68 Å². The van der Waals surface area contributed by atoms with Crippen LogP contribution in [-0.4, -0.2) is 33.3 Å². The van der Waals surface area contributed by atoms with E-state index < -0.39 is 0 Å². The van der Waals surface area contributed by atoms with Crippen molar-refractivity contribution in [1.82, 2.24) is 14.8 Å². The molecule has 0 aromatic carbocycles. The van der Waals surface area contributed by atoms with Gasteiger partial charge in [-0.05, 0) is 19.3 Å². The summed E-state index contributed by atoms with van der Waals surface area (Å²) in [6.07, 6.45) is 2.53. The van der Waals surface area contributed by atoms with Crippen molar-refractivity contribution in [3.63, 3.8) is 0 Å². The fraction of sp³-hybridized carbons (Fsp3) is 0.727. The Hall–Kier alpha value is -1.23. The van der Waals surface area contributed by atoms with E-state index in [0.717, 1.165) is 18.8 Å². The smallest absolute Gasteiger partial charge is 0.169 e. The SMILES string of the molecule is CCn1ncnc1CC(=O)C1OCCC1C. The highest BCUT2D eigenvalue weighted by atomic mass is 16.5. The number of ketones is 1. The van der Waals surface area contributed by atoms with Gasteiger partial charge >= 0.3 is 0 Å². The molecule has 2 atom stereocenters. The lowest BCUT2D eigenvalue weighted by molar-refractivity contribution is -0.128. The fourth-order valence-corrected chi connectivity index (χ4v) is 2.05. The molecule has 1 aromatic rings. The Balaban J connectivity index is 2.02. The largest absolute Gasteiger partial charge is 0.370 e. The predicted molar refractivity (Wildman–Crippen MR) is 57.9 cm³/mol. The van der Waals surface area contributed by atoms with Crippen molar-refractivity contribution in [2.45, 2.75) is 39.3 Å². The van der Waals surface area contributed by atoms with Gasteiger partial charge in [-0.1, -0.05) is 6.92 Å². The average Bonchev–Trinajstić information content (AvgIpc) is 2.86. The van der Waals surface area contributed by atoms with Crippen LogP contribution >= 0.6 is 0 Å². The van der Waals surface area contributed by atoms with Crippen LogP contribution in [0.15, 0.2) is 6.33 Å². The summed E-state index contributed by atoms with van der Waals surface area (Å²) in [5, 5.41) is 4.05. The van der Waals surface area contributed by atoms with Crippen LogP contribution in [-0.2, 0) is 22.5 Å². The Morgan fingerprint density at radius 2 is 2.50 bits per heavy atom. The lowest BCUT2D eigenvalue weighted by Gasteiger charge is -2.12. The molecule has 0 aliphatic carbocycles. The van der Waals surface area contributed by atoms with Gasteiger partial charge < -0.3 is 4.74 Å². The summed E-state index contributed by atoms with van der Waals surface area (Å²) in [6.45, 7) is 5.47. The summed E-state index contributed by atoms with van der Waals surface area (Å²) in [5.41, 5.74) is 0. The van der Waals surface area contributed by atoms with Gasteiger partial charge in [-0.25, -0.2) is 9.67 Å². The van der Waals surface area contributed by atoms with Crippen LogP contribution in [0, 0.1) is 5.92 Å². The molecule has 5 heteroatoms. The van der Waals surface area contributed by atoms with Gasteiger partial charge in [0.15, 0.2) is 5.78 Å². The average molecular weight is 223 g/mol. The number of carbonyl (C=O) groups excluding carboxylic acids is 1. The van der Waals surface area contributed by atoms with E-state index >= 15 is 0 Å². The Bertz CT molecular complexity index is 375. The molecule has 2 unspecified atom stereocenters. The van der Waals surface area contributed by atoms with Gasteiger partial charge in [0, 0.05) is 13.2 Å². The molecule has 0 radical (unpaired) electrons. The van der Waals surface area contributed by atoms with E-state index in [0.29, 0.717) is 18.9 Å². The molecule has 0 amide bonds. The topological polar surface area (TPSA) is 57.0 Å². The molecule has 2 heterocycles. The molecule has 88 valence electrons. The van der Waals surface area contributed by atoms with Gasteiger partial charge in [-0.3, -0.25) is 4.79 Å². The molecule has 2 rings (SSSR count). The normalized spacial score (nSPS) is 24.9. The molecule has 1 saturated heterocycles. The van der Waals surface area contributed by atoms with Crippen molar-refractivity contribution in [2.75, 3.05) is 6.61 Å². The molecular formula is C11H17N3O2. The third-order valence-electron chi connectivity index (χ3n) is 3.03. The summed E-state index contributed by atoms with van der Waals surface area (Å²) in [4.78, 5) is 16.1. The van der Waals surface area contributed by atoms with E-state index in [1.165, 1.54) is 6.33 Å². The summed E-state index contributed by atoms with van der Waals surface area (Å²) in [5.74, 6) is 1.17. The summed E-state index contributed by atoms with van der Waals surface area (Å²) < 4.78 is 7.19. The van der Waals surface area contributed by atoms with Crippen LogP contribution in [0.1, 0.15) is 26.1 Å². The second-order valence-corrected chi connectivity index (χ2v) is 4.19. The zero-order valence-electron chi connectivity index (χ0n) is 9.72. The third kappa shape index (κ3) is 2.14. The molecule has 0 spiro atoms. The maximum atomic E-state index is 12.0. The van der Waals surface area contributed by atoms with Crippen molar-refractivity contribution in [1.29, 1.82) is 0 Å². The van der Waals surface area contributed by atoms with Gasteiger partial charge in [-0.15, -0.1) is 0 Å². The number of aryl methyl sites for hydroxylation is 1. The molecule has 1 aliphatic heterocycles. The number of ether oxygens (including phenoxy) is 1. The molecule has 0 bridgehead atoms. The number of hydrogen-bond donors (Lipinski definition) is 0. The molecule has 0 N–H and O–H groups in total. The number of Topliss-reactive ketones (excluding diaryl/α,β-unsaturated/α-hetero) is 1. The summed E-state index contributed by atoms with van der Waals surface area (Å²) in [7, 11) is 0. The molecular weight excluding hydrogens is 206 g/mol. The Labute approximate surface area is 94.8 Å². The Morgan fingerprint density at radius 3 is 3.12 bits per heavy atom. The number of hydrogen-bond acceptors (Lipinski definition) is 4. The van der Waals surface area contributed by atoms with Crippen LogP contribution < -0.4 is 0 Å². The lowest BCUT2D eigenvalue weighted by atomic mass is 9.99. The van der Waals surface area contributed by atoms with Gasteiger partial charge in [0.05, 0.1) is 6.42 Å². The van der Waals surface area contributed by atoms with Crippen molar-refractivity contribution in [2.24, 2.45) is 5.92 Å². The molecule has 1 fully saturated rings. The summed E-state index contributed by atoms with van der Waals surface area (Å²) >= 11 is 0.